The summed E-state index contributed by atoms with van der Waals surface area (Å²) in [6, 6.07) is 0. The normalized spacial score (nSPS) is 4.17. The Bertz CT molecular complexity index is 173. The van der Waals surface area contributed by atoms with E-state index in [1.165, 1.54) is 0 Å². The van der Waals surface area contributed by atoms with Gasteiger partial charge in [-0.2, -0.15) is 0 Å². The third kappa shape index (κ3) is 298000. The van der Waals surface area contributed by atoms with Crippen LogP contribution < -0.4 is 10.2 Å². The molecular formula is C8H26CaCdO14. The first-order chi connectivity index (χ1) is 6.93. The summed E-state index contributed by atoms with van der Waals surface area (Å²) in [5, 5.41) is 32.6. The molecule has 0 radical (unpaired) electrons. The van der Waals surface area contributed by atoms with E-state index in [2.05, 4.69) is 0 Å². The molecule has 0 atom stereocenters. The third-order valence-corrected chi connectivity index (χ3v) is 0. The van der Waals surface area contributed by atoms with E-state index < -0.39 is 23.9 Å². The van der Waals surface area contributed by atoms with Crippen molar-refractivity contribution in [3.8, 4) is 0 Å². The van der Waals surface area contributed by atoms with Crippen LogP contribution in [-0.2, 0) is 46.5 Å². The van der Waals surface area contributed by atoms with Gasteiger partial charge in [0, 0.05) is 53.1 Å². The van der Waals surface area contributed by atoms with Crippen LogP contribution in [0.5, 0.6) is 0 Å². The Kier molecular flexibility index (Phi) is 288. The first kappa shape index (κ1) is 88.8. The second-order valence-corrected chi connectivity index (χ2v) is 2.02. The average Bonchev–Trinajstić information content (AvgIpc) is 1.76. The van der Waals surface area contributed by atoms with Crippen molar-refractivity contribution >= 4 is 61.6 Å². The van der Waals surface area contributed by atoms with E-state index in [9.17, 15) is 0 Å². The van der Waals surface area contributed by atoms with Gasteiger partial charge in [0.25, 0.3) is 11.9 Å². The molecule has 0 aliphatic rings. The molecule has 0 amide bonds. The molecule has 0 aromatic rings. The largest absolute Gasteiger partial charge is 2.00 e. The Morgan fingerprint density at radius 3 is 0.583 bits per heavy atom. The quantitative estimate of drug-likeness (QED) is 0.301. The molecule has 0 rings (SSSR count). The molecule has 0 spiro atoms. The van der Waals surface area contributed by atoms with E-state index in [-0.39, 0.29) is 97.9 Å². The Hall–Kier alpha value is -0.178. The van der Waals surface area contributed by atoms with Gasteiger partial charge in [0.1, 0.15) is 0 Å². The van der Waals surface area contributed by atoms with Crippen LogP contribution >= 0.6 is 0 Å². The molecule has 0 aliphatic heterocycles. The van der Waals surface area contributed by atoms with Gasteiger partial charge in [0.2, 0.25) is 0 Å². The SMILES string of the molecule is CC(=O)O.CC(=O)O.CC(=O)[O-].CC(=O)[O-].O.O.O.O.O.O.[Ca+2].[Cd]. The number of rotatable bonds is 0. The summed E-state index contributed by atoms with van der Waals surface area (Å²) in [7, 11) is 0. The molecule has 0 aromatic heterocycles. The summed E-state index contributed by atoms with van der Waals surface area (Å²) >= 11 is 0. The van der Waals surface area contributed by atoms with Crippen molar-refractivity contribution in [2.24, 2.45) is 0 Å². The zero-order chi connectivity index (χ0) is 14.3. The maximum absolute atomic E-state index is 9.00. The number of hydrogen-bond donors (Lipinski definition) is 2. The fraction of sp³-hybridized carbons (Fsp3) is 0.500. The minimum absolute atomic E-state index is 0. The van der Waals surface area contributed by atoms with Gasteiger partial charge in [0.15, 0.2) is 0 Å². The van der Waals surface area contributed by atoms with Crippen LogP contribution in [0.1, 0.15) is 27.7 Å². The summed E-state index contributed by atoms with van der Waals surface area (Å²) in [4.78, 5) is 35.8. The second-order valence-electron chi connectivity index (χ2n) is 2.02. The summed E-state index contributed by atoms with van der Waals surface area (Å²) in [5.74, 6) is -3.83. The van der Waals surface area contributed by atoms with Gasteiger partial charge >= 0.3 is 37.7 Å². The van der Waals surface area contributed by atoms with Gasteiger partial charge < -0.3 is 62.9 Å². The smallest absolute Gasteiger partial charge is 0.550 e. The van der Waals surface area contributed by atoms with Crippen LogP contribution in [0.3, 0.4) is 0 Å². The number of carboxylic acid groups (broad SMARTS) is 4. The maximum Gasteiger partial charge on any atom is 2.00 e. The van der Waals surface area contributed by atoms with Crippen LogP contribution in [-0.4, -0.2) is 105 Å². The van der Waals surface area contributed by atoms with E-state index in [1.54, 1.807) is 0 Å². The average molecular weight is 499 g/mol. The number of carbonyl (C=O) groups excluding carboxylic acids is 2. The van der Waals surface area contributed by atoms with E-state index in [1.807, 2.05) is 0 Å². The van der Waals surface area contributed by atoms with Crippen LogP contribution in [0.25, 0.3) is 0 Å². The molecule has 0 aliphatic carbocycles. The van der Waals surface area contributed by atoms with Gasteiger partial charge in [-0.05, 0) is 13.8 Å². The molecule has 16 heteroatoms. The molecule has 146 valence electrons. The molecule has 0 bridgehead atoms. The first-order valence-electron chi connectivity index (χ1n) is 3.67. The zero-order valence-electron chi connectivity index (χ0n) is 13.8. The number of carbonyl (C=O) groups is 4. The number of aliphatic carboxylic acids is 4. The van der Waals surface area contributed by atoms with Crippen molar-refractivity contribution in [3.63, 3.8) is 0 Å². The Morgan fingerprint density at radius 2 is 0.583 bits per heavy atom. The molecule has 0 unspecified atom stereocenters. The van der Waals surface area contributed by atoms with Crippen LogP contribution in [0, 0.1) is 0 Å². The molecule has 14 nitrogen and oxygen atoms in total. The summed E-state index contributed by atoms with van der Waals surface area (Å²) in [6.07, 6.45) is 0. The summed E-state index contributed by atoms with van der Waals surface area (Å²) in [5.41, 5.74) is 0. The van der Waals surface area contributed by atoms with E-state index in [0.717, 1.165) is 27.7 Å². The molecule has 24 heavy (non-hydrogen) atoms. The Balaban J connectivity index is -0.00000000720. The Morgan fingerprint density at radius 1 is 0.583 bits per heavy atom. The van der Waals surface area contributed by atoms with Crippen LogP contribution in [0.4, 0.5) is 0 Å². The zero-order valence-corrected chi connectivity index (χ0v) is 20.0. The topological polar surface area (TPSA) is 344 Å². The second kappa shape index (κ2) is 77.8. The molecule has 0 aromatic carbocycles. The van der Waals surface area contributed by atoms with Gasteiger partial charge in [-0.1, -0.05) is 0 Å². The van der Waals surface area contributed by atoms with E-state index in [4.69, 9.17) is 39.6 Å². The van der Waals surface area contributed by atoms with Gasteiger partial charge in [-0.3, -0.25) is 9.59 Å². The standard InChI is InChI=1S/4C2H4O2.Ca.Cd.6H2O/c4*1-2(3)4;;;;;;;;/h4*1H3,(H,3,4);;;6*1H2/q;;;;+2;;;;;;;/p-2. The van der Waals surface area contributed by atoms with Crippen molar-refractivity contribution in [1.82, 2.24) is 0 Å². The molecule has 0 heterocycles. The maximum atomic E-state index is 9.00. The fourth-order valence-corrected chi connectivity index (χ4v) is 0. The minimum Gasteiger partial charge on any atom is -0.550 e. The van der Waals surface area contributed by atoms with E-state index in [0.29, 0.717) is 0 Å². The first-order valence-corrected chi connectivity index (χ1v) is 3.67. The van der Waals surface area contributed by atoms with Crippen molar-refractivity contribution in [1.29, 1.82) is 0 Å². The van der Waals surface area contributed by atoms with Crippen LogP contribution in [0.15, 0.2) is 0 Å². The Labute approximate surface area is 187 Å². The van der Waals surface area contributed by atoms with Crippen molar-refractivity contribution in [2.75, 3.05) is 0 Å². The molecule has 0 saturated heterocycles. The number of hydrogen-bond acceptors (Lipinski definition) is 6. The van der Waals surface area contributed by atoms with Gasteiger partial charge in [-0.25, -0.2) is 0 Å². The van der Waals surface area contributed by atoms with Crippen molar-refractivity contribution < 1.29 is 99.8 Å². The molecule has 14 N–H and O–H groups in total. The van der Waals surface area contributed by atoms with Crippen molar-refractivity contribution in [2.45, 2.75) is 27.7 Å². The summed E-state index contributed by atoms with van der Waals surface area (Å²) in [6.45, 7) is 4.11. The summed E-state index contributed by atoms with van der Waals surface area (Å²) < 4.78 is 0. The minimum atomic E-state index is -1.08. The molecule has 0 fully saturated rings. The van der Waals surface area contributed by atoms with Crippen molar-refractivity contribution in [3.05, 3.63) is 0 Å². The fourth-order valence-electron chi connectivity index (χ4n) is 0. The predicted octanol–water partition coefficient (Wildman–Crippen LogP) is -7.64. The number of carboxylic acids is 4. The molecule has 0 saturated carbocycles. The van der Waals surface area contributed by atoms with Gasteiger partial charge in [0.05, 0.1) is 0 Å². The van der Waals surface area contributed by atoms with E-state index >= 15 is 0 Å². The third-order valence-electron chi connectivity index (χ3n) is 0. The van der Waals surface area contributed by atoms with Crippen LogP contribution in [0.2, 0.25) is 0 Å². The monoisotopic (exact) mass is 500 g/mol. The molecular weight excluding hydrogens is 473 g/mol. The van der Waals surface area contributed by atoms with Gasteiger partial charge in [-0.15, -0.1) is 0 Å². The predicted molar refractivity (Wildman–Crippen MR) is 75.4 cm³/mol.